The van der Waals surface area contributed by atoms with Gasteiger partial charge in [-0.1, -0.05) is 43.2 Å². The normalized spacial score (nSPS) is 12.5. The van der Waals surface area contributed by atoms with E-state index >= 15 is 0 Å². The second-order valence-corrected chi connectivity index (χ2v) is 11.6. The molecule has 0 fully saturated rings. The number of hydrogen-bond acceptors (Lipinski definition) is 9. The largest absolute Gasteiger partial charge is 0.481 e. The summed E-state index contributed by atoms with van der Waals surface area (Å²) < 4.78 is 5.41. The van der Waals surface area contributed by atoms with Crippen molar-refractivity contribution in [1.29, 1.82) is 0 Å². The number of benzene rings is 1. The summed E-state index contributed by atoms with van der Waals surface area (Å²) >= 11 is 0. The average molecular weight is 694 g/mol. The van der Waals surface area contributed by atoms with Gasteiger partial charge in [-0.2, -0.15) is 0 Å². The fourth-order valence-corrected chi connectivity index (χ4v) is 4.69. The van der Waals surface area contributed by atoms with Crippen molar-refractivity contribution in [1.82, 2.24) is 21.3 Å². The van der Waals surface area contributed by atoms with Crippen LogP contribution in [-0.2, 0) is 40.1 Å². The lowest BCUT2D eigenvalue weighted by Crippen LogP contribution is -2.51. The number of urea groups is 1. The van der Waals surface area contributed by atoms with Gasteiger partial charge in [0.2, 0.25) is 11.8 Å². The molecule has 274 valence electrons. The first kappa shape index (κ1) is 42.3. The van der Waals surface area contributed by atoms with Crippen LogP contribution in [0.3, 0.4) is 0 Å². The van der Waals surface area contributed by atoms with Crippen LogP contribution in [0.1, 0.15) is 95.5 Å². The van der Waals surface area contributed by atoms with Crippen LogP contribution in [0.5, 0.6) is 0 Å². The van der Waals surface area contributed by atoms with Gasteiger partial charge in [0.25, 0.3) is 0 Å². The van der Waals surface area contributed by atoms with Crippen LogP contribution < -0.4 is 27.0 Å². The van der Waals surface area contributed by atoms with E-state index in [1.807, 2.05) is 30.3 Å². The summed E-state index contributed by atoms with van der Waals surface area (Å²) in [6.07, 6.45) is 5.00. The Labute approximate surface area is 285 Å². The molecule has 3 atom stereocenters. The first-order chi connectivity index (χ1) is 23.4. The fraction of sp³-hybridized carbons (Fsp3) is 0.606. The second kappa shape index (κ2) is 25.3. The third-order valence-corrected chi connectivity index (χ3v) is 7.44. The number of hydrogen-bond donors (Lipinski definition) is 8. The van der Waals surface area contributed by atoms with Gasteiger partial charge in [0.05, 0.1) is 0 Å². The number of carbonyl (C=O) groups excluding carboxylic acids is 4. The molecular weight excluding hydrogens is 642 g/mol. The van der Waals surface area contributed by atoms with Gasteiger partial charge in [0, 0.05) is 25.8 Å². The second-order valence-electron chi connectivity index (χ2n) is 11.6. The van der Waals surface area contributed by atoms with Crippen LogP contribution in [0.25, 0.3) is 0 Å². The molecule has 0 saturated carbocycles. The number of carbonyl (C=O) groups is 7. The van der Waals surface area contributed by atoms with Crippen molar-refractivity contribution in [2.45, 2.75) is 115 Å². The monoisotopic (exact) mass is 693 g/mol. The highest BCUT2D eigenvalue weighted by atomic mass is 16.5. The average Bonchev–Trinajstić information content (AvgIpc) is 3.06. The highest BCUT2D eigenvalue weighted by Gasteiger charge is 2.25. The lowest BCUT2D eigenvalue weighted by molar-refractivity contribution is -0.149. The molecule has 0 spiro atoms. The van der Waals surface area contributed by atoms with E-state index in [1.165, 1.54) is 0 Å². The SMILES string of the molecule is NCCCC[C@H](NC(=O)CCCCCCC(=O)NCCCC[C@H](NC(=O)N[C@@H](CCC(=O)O)C(=O)O)C(=O)O)C(=O)OCc1ccccc1. The standard InChI is InChI=1S/C33H51N5O11/c34-20-10-8-15-26(32(47)49-22-23-12-4-3-5-13-23)36-28(40)17-7-2-1-6-16-27(39)35-21-11-9-14-24(30(43)44)37-33(48)38-25(31(45)46)18-19-29(41)42/h3-5,12-13,24-26H,1-2,6-11,14-22,34H2,(H,35,39)(H,36,40)(H,41,42)(H,43,44)(H,45,46)(H2,37,38,48)/t24-,25-,26-/m0/s1. The Morgan fingerprint density at radius 1 is 0.633 bits per heavy atom. The molecule has 0 aliphatic heterocycles. The molecule has 0 saturated heterocycles. The number of carboxylic acids is 3. The minimum Gasteiger partial charge on any atom is -0.481 e. The minimum atomic E-state index is -1.49. The Balaban J connectivity index is 2.25. The van der Waals surface area contributed by atoms with Crippen LogP contribution in [0, 0.1) is 0 Å². The van der Waals surface area contributed by atoms with Crippen LogP contribution >= 0.6 is 0 Å². The number of rotatable bonds is 27. The molecule has 0 aliphatic carbocycles. The molecule has 4 amide bonds. The predicted octanol–water partition coefficient (Wildman–Crippen LogP) is 2.04. The van der Waals surface area contributed by atoms with Crippen LogP contribution in [-0.4, -0.2) is 88.3 Å². The predicted molar refractivity (Wildman–Crippen MR) is 177 cm³/mol. The molecular formula is C33H51N5O11. The number of unbranched alkanes of at least 4 members (excludes halogenated alkanes) is 5. The quantitative estimate of drug-likeness (QED) is 0.0486. The van der Waals surface area contributed by atoms with Crippen molar-refractivity contribution in [3.63, 3.8) is 0 Å². The maximum Gasteiger partial charge on any atom is 0.328 e. The molecule has 0 radical (unpaired) electrons. The lowest BCUT2D eigenvalue weighted by Gasteiger charge is -2.18. The van der Waals surface area contributed by atoms with Crippen LogP contribution in [0.4, 0.5) is 4.79 Å². The molecule has 0 aliphatic rings. The first-order valence-corrected chi connectivity index (χ1v) is 16.6. The van der Waals surface area contributed by atoms with Gasteiger partial charge < -0.3 is 47.1 Å². The van der Waals surface area contributed by atoms with E-state index in [-0.39, 0.29) is 44.1 Å². The molecule has 1 aromatic carbocycles. The van der Waals surface area contributed by atoms with E-state index in [1.54, 1.807) is 0 Å². The zero-order valence-electron chi connectivity index (χ0n) is 27.8. The lowest BCUT2D eigenvalue weighted by atomic mass is 10.1. The topological polar surface area (TPSA) is 264 Å². The summed E-state index contributed by atoms with van der Waals surface area (Å²) in [5.41, 5.74) is 6.42. The summed E-state index contributed by atoms with van der Waals surface area (Å²) in [4.78, 5) is 82.8. The zero-order chi connectivity index (χ0) is 36.4. The van der Waals surface area contributed by atoms with Gasteiger partial charge >= 0.3 is 29.9 Å². The molecule has 49 heavy (non-hydrogen) atoms. The summed E-state index contributed by atoms with van der Waals surface area (Å²) in [5, 5.41) is 37.0. The van der Waals surface area contributed by atoms with E-state index in [4.69, 9.17) is 20.7 Å². The highest BCUT2D eigenvalue weighted by molar-refractivity contribution is 5.86. The Hall–Kier alpha value is -4.73. The summed E-state index contributed by atoms with van der Waals surface area (Å²) in [7, 11) is 0. The van der Waals surface area contributed by atoms with Gasteiger partial charge in [-0.05, 0) is 69.9 Å². The molecule has 0 heterocycles. The van der Waals surface area contributed by atoms with E-state index in [2.05, 4.69) is 21.3 Å². The first-order valence-electron chi connectivity index (χ1n) is 16.6. The maximum atomic E-state index is 12.6. The smallest absolute Gasteiger partial charge is 0.328 e. The highest BCUT2D eigenvalue weighted by Crippen LogP contribution is 2.10. The third-order valence-electron chi connectivity index (χ3n) is 7.44. The summed E-state index contributed by atoms with van der Waals surface area (Å²) in [6, 6.07) is 4.69. The van der Waals surface area contributed by atoms with Crippen molar-refractivity contribution in [3.05, 3.63) is 35.9 Å². The molecule has 0 unspecified atom stereocenters. The zero-order valence-corrected chi connectivity index (χ0v) is 27.8. The molecule has 9 N–H and O–H groups in total. The molecule has 16 heteroatoms. The van der Waals surface area contributed by atoms with Crippen molar-refractivity contribution >= 4 is 41.7 Å². The van der Waals surface area contributed by atoms with Gasteiger partial charge in [-0.25, -0.2) is 19.2 Å². The Bertz CT molecular complexity index is 1200. The number of esters is 1. The number of amides is 4. The van der Waals surface area contributed by atoms with E-state index in [0.717, 1.165) is 24.8 Å². The van der Waals surface area contributed by atoms with Crippen molar-refractivity contribution in [2.24, 2.45) is 5.73 Å². The van der Waals surface area contributed by atoms with E-state index < -0.39 is 54.5 Å². The summed E-state index contributed by atoms with van der Waals surface area (Å²) in [6.45, 7) is 0.912. The molecule has 1 aromatic rings. The maximum absolute atomic E-state index is 12.6. The number of ether oxygens (including phenoxy) is 1. The van der Waals surface area contributed by atoms with Gasteiger partial charge in [-0.15, -0.1) is 0 Å². The minimum absolute atomic E-state index is 0.0301. The van der Waals surface area contributed by atoms with Gasteiger partial charge in [-0.3, -0.25) is 14.4 Å². The van der Waals surface area contributed by atoms with Gasteiger partial charge in [0.15, 0.2) is 0 Å². The molecule has 0 aromatic heterocycles. The van der Waals surface area contributed by atoms with Crippen molar-refractivity contribution < 1.29 is 53.6 Å². The van der Waals surface area contributed by atoms with Crippen LogP contribution in [0.2, 0.25) is 0 Å². The molecule has 1 rings (SSSR count). The van der Waals surface area contributed by atoms with Crippen molar-refractivity contribution in [2.75, 3.05) is 13.1 Å². The fourth-order valence-electron chi connectivity index (χ4n) is 4.69. The number of aliphatic carboxylic acids is 3. The number of nitrogens with two attached hydrogens (primary N) is 1. The van der Waals surface area contributed by atoms with Gasteiger partial charge in [0.1, 0.15) is 24.7 Å². The Morgan fingerprint density at radius 3 is 1.80 bits per heavy atom. The molecule has 16 nitrogen and oxygen atoms in total. The Morgan fingerprint density at radius 2 is 1.20 bits per heavy atom. The summed E-state index contributed by atoms with van der Waals surface area (Å²) in [5.74, 6) is -4.89. The van der Waals surface area contributed by atoms with E-state index in [9.17, 15) is 38.7 Å². The van der Waals surface area contributed by atoms with Crippen molar-refractivity contribution in [3.8, 4) is 0 Å². The third kappa shape index (κ3) is 21.0. The van der Waals surface area contributed by atoms with E-state index in [0.29, 0.717) is 51.6 Å². The van der Waals surface area contributed by atoms with Crippen LogP contribution in [0.15, 0.2) is 30.3 Å². The number of nitrogens with one attached hydrogen (secondary N) is 4. The molecule has 0 bridgehead atoms. The Kier molecular flexibility index (Phi) is 21.8. The number of carboxylic acid groups (broad SMARTS) is 3.